The second-order valence-electron chi connectivity index (χ2n) is 4.21. The minimum Gasteiger partial charge on any atom is -0.496 e. The van der Waals surface area contributed by atoms with E-state index < -0.39 is 0 Å². The summed E-state index contributed by atoms with van der Waals surface area (Å²) in [7, 11) is 1.61. The van der Waals surface area contributed by atoms with E-state index in [0.29, 0.717) is 5.75 Å². The number of anilines is 1. The van der Waals surface area contributed by atoms with Crippen LogP contribution in [0.1, 0.15) is 24.8 Å². The van der Waals surface area contributed by atoms with E-state index in [1.54, 1.807) is 7.11 Å². The van der Waals surface area contributed by atoms with Gasteiger partial charge in [0.2, 0.25) is 0 Å². The van der Waals surface area contributed by atoms with Gasteiger partial charge in [0.15, 0.2) is 0 Å². The first-order valence-electron chi connectivity index (χ1n) is 6.00. The van der Waals surface area contributed by atoms with Crippen molar-refractivity contribution in [3.8, 4) is 5.75 Å². The largest absolute Gasteiger partial charge is 0.496 e. The molecule has 2 N–H and O–H groups in total. The molecule has 2 rings (SSSR count). The van der Waals surface area contributed by atoms with Crippen molar-refractivity contribution >= 4 is 27.8 Å². The van der Waals surface area contributed by atoms with Crippen LogP contribution in [0.25, 0.3) is 0 Å². The van der Waals surface area contributed by atoms with Crippen molar-refractivity contribution in [2.24, 2.45) is 0 Å². The van der Waals surface area contributed by atoms with Gasteiger partial charge in [0.25, 0.3) is 0 Å². The molecule has 1 atom stereocenters. The van der Waals surface area contributed by atoms with Gasteiger partial charge in [-0.25, -0.2) is 0 Å². The molecule has 4 nitrogen and oxygen atoms in total. The molecule has 0 spiro atoms. The minimum absolute atomic E-state index is 0.0245. The molecule has 1 aliphatic heterocycles. The second kappa shape index (κ2) is 6.20. The van der Waals surface area contributed by atoms with E-state index in [1.807, 2.05) is 12.1 Å². The molecule has 5 heteroatoms. The van der Waals surface area contributed by atoms with Crippen molar-refractivity contribution in [2.75, 3.05) is 19.0 Å². The Balaban J connectivity index is 2.24. The maximum atomic E-state index is 7.52. The number of rotatable bonds is 4. The highest BCUT2D eigenvalue weighted by molar-refractivity contribution is 9.10. The van der Waals surface area contributed by atoms with Crippen molar-refractivity contribution in [1.29, 1.82) is 5.41 Å². The van der Waals surface area contributed by atoms with Crippen LogP contribution in [0.5, 0.6) is 5.75 Å². The van der Waals surface area contributed by atoms with E-state index in [4.69, 9.17) is 14.9 Å². The Labute approximate surface area is 115 Å². The van der Waals surface area contributed by atoms with Crippen LogP contribution >= 0.6 is 15.9 Å². The van der Waals surface area contributed by atoms with Gasteiger partial charge in [-0.1, -0.05) is 15.9 Å². The molecule has 0 radical (unpaired) electrons. The van der Waals surface area contributed by atoms with Crippen molar-refractivity contribution in [3.05, 3.63) is 22.2 Å². The summed E-state index contributed by atoms with van der Waals surface area (Å²) in [4.78, 5) is 0. The average molecular weight is 313 g/mol. The summed E-state index contributed by atoms with van der Waals surface area (Å²) in [5, 5.41) is 10.8. The molecule has 98 valence electrons. The Morgan fingerprint density at radius 2 is 2.33 bits per heavy atom. The lowest BCUT2D eigenvalue weighted by atomic mass is 10.1. The molecule has 18 heavy (non-hydrogen) atoms. The van der Waals surface area contributed by atoms with Crippen LogP contribution in [0.2, 0.25) is 0 Å². The Hall–Kier alpha value is -1.07. The molecule has 1 aromatic carbocycles. The SMILES string of the molecule is COc1cc(Br)cc(NC2CCCCO2)c1C=N. The number of halogens is 1. The summed E-state index contributed by atoms with van der Waals surface area (Å²) < 4.78 is 11.9. The fraction of sp³-hybridized carbons (Fsp3) is 0.462. The maximum Gasteiger partial charge on any atom is 0.130 e. The maximum absolute atomic E-state index is 7.52. The molecular formula is C13H17BrN2O2. The van der Waals surface area contributed by atoms with Gasteiger partial charge in [0.1, 0.15) is 12.0 Å². The van der Waals surface area contributed by atoms with E-state index >= 15 is 0 Å². The van der Waals surface area contributed by atoms with Gasteiger partial charge in [-0.2, -0.15) is 0 Å². The highest BCUT2D eigenvalue weighted by Crippen LogP contribution is 2.31. The summed E-state index contributed by atoms with van der Waals surface area (Å²) in [5.41, 5.74) is 1.61. The van der Waals surface area contributed by atoms with E-state index in [0.717, 1.165) is 35.2 Å². The van der Waals surface area contributed by atoms with E-state index in [-0.39, 0.29) is 6.23 Å². The van der Waals surface area contributed by atoms with Crippen molar-refractivity contribution in [1.82, 2.24) is 0 Å². The first-order chi connectivity index (χ1) is 8.74. The van der Waals surface area contributed by atoms with Gasteiger partial charge < -0.3 is 20.2 Å². The Morgan fingerprint density at radius 1 is 1.50 bits per heavy atom. The fourth-order valence-corrected chi connectivity index (χ4v) is 2.50. The van der Waals surface area contributed by atoms with Gasteiger partial charge in [-0.3, -0.25) is 0 Å². The monoisotopic (exact) mass is 312 g/mol. The molecule has 0 bridgehead atoms. The molecule has 1 heterocycles. The smallest absolute Gasteiger partial charge is 0.130 e. The van der Waals surface area contributed by atoms with Crippen LogP contribution in [0.4, 0.5) is 5.69 Å². The number of methoxy groups -OCH3 is 1. The van der Waals surface area contributed by atoms with Crippen LogP contribution in [-0.2, 0) is 4.74 Å². The minimum atomic E-state index is 0.0245. The number of benzene rings is 1. The van der Waals surface area contributed by atoms with Crippen LogP contribution in [0.3, 0.4) is 0 Å². The van der Waals surface area contributed by atoms with Crippen molar-refractivity contribution in [3.63, 3.8) is 0 Å². The van der Waals surface area contributed by atoms with Gasteiger partial charge in [-0.05, 0) is 31.4 Å². The Bertz CT molecular complexity index is 431. The molecule has 0 aliphatic carbocycles. The first-order valence-corrected chi connectivity index (χ1v) is 6.80. The summed E-state index contributed by atoms with van der Waals surface area (Å²) >= 11 is 3.45. The van der Waals surface area contributed by atoms with Gasteiger partial charge in [0.05, 0.1) is 12.7 Å². The Kier molecular flexibility index (Phi) is 4.60. The van der Waals surface area contributed by atoms with Gasteiger partial charge in [-0.15, -0.1) is 0 Å². The zero-order valence-corrected chi connectivity index (χ0v) is 11.9. The zero-order valence-electron chi connectivity index (χ0n) is 10.3. The van der Waals surface area contributed by atoms with Crippen molar-refractivity contribution in [2.45, 2.75) is 25.5 Å². The molecule has 1 fully saturated rings. The molecule has 1 aromatic rings. The zero-order chi connectivity index (χ0) is 13.0. The van der Waals surface area contributed by atoms with Crippen LogP contribution in [-0.4, -0.2) is 26.2 Å². The predicted molar refractivity (Wildman–Crippen MR) is 75.8 cm³/mol. The lowest BCUT2D eigenvalue weighted by molar-refractivity contribution is 0.0343. The number of hydrogen-bond donors (Lipinski definition) is 2. The second-order valence-corrected chi connectivity index (χ2v) is 5.13. The third-order valence-corrected chi connectivity index (χ3v) is 3.43. The number of nitrogens with one attached hydrogen (secondary N) is 2. The fourth-order valence-electron chi connectivity index (χ4n) is 2.06. The Morgan fingerprint density at radius 3 is 2.94 bits per heavy atom. The standard InChI is InChI=1S/C13H17BrN2O2/c1-17-12-7-9(14)6-11(10(12)8-15)16-13-4-2-3-5-18-13/h6-8,13,15-16H,2-5H2,1H3. The molecule has 1 saturated heterocycles. The first kappa shape index (κ1) is 13.4. The normalized spacial score (nSPS) is 19.3. The molecule has 1 unspecified atom stereocenters. The molecular weight excluding hydrogens is 296 g/mol. The lowest BCUT2D eigenvalue weighted by Crippen LogP contribution is -2.27. The highest BCUT2D eigenvalue weighted by Gasteiger charge is 2.16. The third-order valence-electron chi connectivity index (χ3n) is 2.97. The average Bonchev–Trinajstić information content (AvgIpc) is 2.39. The summed E-state index contributed by atoms with van der Waals surface area (Å²) in [6, 6.07) is 3.80. The van der Waals surface area contributed by atoms with Crippen molar-refractivity contribution < 1.29 is 9.47 Å². The lowest BCUT2D eigenvalue weighted by Gasteiger charge is -2.25. The van der Waals surface area contributed by atoms with Crippen LogP contribution < -0.4 is 10.1 Å². The molecule has 0 saturated carbocycles. The third kappa shape index (κ3) is 3.03. The molecule has 0 amide bonds. The van der Waals surface area contributed by atoms with Crippen LogP contribution in [0, 0.1) is 5.41 Å². The number of ether oxygens (including phenoxy) is 2. The molecule has 0 aromatic heterocycles. The van der Waals surface area contributed by atoms with E-state index in [1.165, 1.54) is 12.6 Å². The van der Waals surface area contributed by atoms with Gasteiger partial charge >= 0.3 is 0 Å². The number of hydrogen-bond acceptors (Lipinski definition) is 4. The molecule has 1 aliphatic rings. The topological polar surface area (TPSA) is 54.3 Å². The summed E-state index contributed by atoms with van der Waals surface area (Å²) in [5.74, 6) is 0.678. The quantitative estimate of drug-likeness (QED) is 0.838. The summed E-state index contributed by atoms with van der Waals surface area (Å²) in [6.07, 6.45) is 4.61. The van der Waals surface area contributed by atoms with E-state index in [2.05, 4.69) is 21.2 Å². The van der Waals surface area contributed by atoms with Gasteiger partial charge in [0, 0.05) is 23.0 Å². The van der Waals surface area contributed by atoms with E-state index in [9.17, 15) is 0 Å². The highest BCUT2D eigenvalue weighted by atomic mass is 79.9. The van der Waals surface area contributed by atoms with Crippen LogP contribution in [0.15, 0.2) is 16.6 Å². The predicted octanol–water partition coefficient (Wildman–Crippen LogP) is 3.39. The summed E-state index contributed by atoms with van der Waals surface area (Å²) in [6.45, 7) is 0.794.